The largest absolute Gasteiger partial charge is 0.519 e. The lowest BCUT2D eigenvalue weighted by Crippen LogP contribution is -2.21. The molecule has 0 aromatic rings. The Labute approximate surface area is 111 Å². The third kappa shape index (κ3) is 8.33. The molecule has 0 amide bonds. The fourth-order valence-electron chi connectivity index (χ4n) is 1.48. The average molecular weight is 272 g/mol. The van der Waals surface area contributed by atoms with Crippen molar-refractivity contribution < 1.29 is 18.3 Å². The number of allylic oxidation sites excluding steroid dienone is 2. The zero-order chi connectivity index (χ0) is 13.4. The van der Waals surface area contributed by atoms with Gasteiger partial charge in [0.15, 0.2) is 0 Å². The molecule has 1 rings (SSSR count). The molecule has 1 aliphatic heterocycles. The van der Waals surface area contributed by atoms with E-state index in [4.69, 9.17) is 18.3 Å². The Kier molecular flexibility index (Phi) is 7.08. The van der Waals surface area contributed by atoms with E-state index < -0.39 is 9.28 Å². The first-order valence-corrected chi connectivity index (χ1v) is 8.17. The monoisotopic (exact) mass is 272 g/mol. The Bertz CT molecular complexity index is 260. The molecule has 0 saturated carbocycles. The number of ether oxygens (including phenoxy) is 2. The van der Waals surface area contributed by atoms with Gasteiger partial charge in [0, 0.05) is 12.7 Å². The predicted molar refractivity (Wildman–Crippen MR) is 73.5 cm³/mol. The van der Waals surface area contributed by atoms with E-state index >= 15 is 0 Å². The minimum atomic E-state index is -1.69. The molecule has 104 valence electrons. The van der Waals surface area contributed by atoms with Gasteiger partial charge in [0.1, 0.15) is 6.10 Å². The Morgan fingerprint density at radius 1 is 1.22 bits per heavy atom. The summed E-state index contributed by atoms with van der Waals surface area (Å²) in [5, 5.41) is 0. The number of rotatable bonds is 11. The molecule has 18 heavy (non-hydrogen) atoms. The molecule has 0 aromatic carbocycles. The summed E-state index contributed by atoms with van der Waals surface area (Å²) in [4.78, 5) is 0. The Balaban J connectivity index is 2.03. The second-order valence-electron chi connectivity index (χ2n) is 4.60. The van der Waals surface area contributed by atoms with Gasteiger partial charge < -0.3 is 18.3 Å². The summed E-state index contributed by atoms with van der Waals surface area (Å²) in [6.45, 7) is 13.6. The lowest BCUT2D eigenvalue weighted by Gasteiger charge is -2.18. The summed E-state index contributed by atoms with van der Waals surface area (Å²) in [5.41, 5.74) is 0. The number of epoxide rings is 1. The van der Waals surface area contributed by atoms with Crippen molar-refractivity contribution >= 4 is 9.28 Å². The second kappa shape index (κ2) is 8.34. The molecular weight excluding hydrogens is 248 g/mol. The maximum Gasteiger partial charge on any atom is 0.443 e. The highest BCUT2D eigenvalue weighted by Crippen LogP contribution is 2.12. The molecule has 1 fully saturated rings. The molecule has 1 saturated heterocycles. The maximum absolute atomic E-state index is 5.62. The molecule has 1 heterocycles. The molecule has 0 radical (unpaired) electrons. The van der Waals surface area contributed by atoms with Crippen LogP contribution in [-0.4, -0.2) is 35.2 Å². The van der Waals surface area contributed by atoms with Gasteiger partial charge in [-0.3, -0.25) is 0 Å². The second-order valence-corrected chi connectivity index (χ2v) is 6.50. The standard InChI is InChI=1S/C13H24O4Si/c1-11(2)16-18(17-12(3)4)8-6-5-7-14-9-13-10-15-13/h13,18H,1,3,5-10H2,2,4H3. The van der Waals surface area contributed by atoms with Crippen LogP contribution in [0.5, 0.6) is 0 Å². The molecule has 0 aromatic heterocycles. The highest BCUT2D eigenvalue weighted by atomic mass is 28.3. The molecule has 4 nitrogen and oxygen atoms in total. The van der Waals surface area contributed by atoms with Gasteiger partial charge in [-0.15, -0.1) is 0 Å². The van der Waals surface area contributed by atoms with Crippen LogP contribution in [0.4, 0.5) is 0 Å². The van der Waals surface area contributed by atoms with E-state index in [9.17, 15) is 0 Å². The number of hydrogen-bond donors (Lipinski definition) is 0. The van der Waals surface area contributed by atoms with Crippen molar-refractivity contribution in [2.24, 2.45) is 0 Å². The van der Waals surface area contributed by atoms with Crippen molar-refractivity contribution in [2.75, 3.05) is 19.8 Å². The van der Waals surface area contributed by atoms with Gasteiger partial charge in [-0.05, 0) is 26.7 Å². The van der Waals surface area contributed by atoms with Crippen molar-refractivity contribution in [1.29, 1.82) is 0 Å². The Morgan fingerprint density at radius 3 is 2.33 bits per heavy atom. The molecule has 1 aliphatic rings. The third-order valence-corrected chi connectivity index (χ3v) is 4.56. The van der Waals surface area contributed by atoms with Gasteiger partial charge >= 0.3 is 9.28 Å². The predicted octanol–water partition coefficient (Wildman–Crippen LogP) is 2.50. The highest BCUT2D eigenvalue weighted by Gasteiger charge is 2.22. The average Bonchev–Trinajstić information content (AvgIpc) is 3.05. The van der Waals surface area contributed by atoms with E-state index in [0.717, 1.165) is 50.2 Å². The first-order valence-electron chi connectivity index (χ1n) is 6.41. The van der Waals surface area contributed by atoms with Crippen LogP contribution < -0.4 is 0 Å². The Morgan fingerprint density at radius 2 is 1.83 bits per heavy atom. The van der Waals surface area contributed by atoms with Gasteiger partial charge in [-0.2, -0.15) is 0 Å². The first-order chi connectivity index (χ1) is 8.58. The fourth-order valence-corrected chi connectivity index (χ4v) is 3.29. The van der Waals surface area contributed by atoms with Crippen molar-refractivity contribution in [3.05, 3.63) is 24.7 Å². The van der Waals surface area contributed by atoms with Crippen LogP contribution in [0.3, 0.4) is 0 Å². The SMILES string of the molecule is C=C(C)O[SiH](CCCCOCC1CO1)OC(=C)C. The maximum atomic E-state index is 5.62. The summed E-state index contributed by atoms with van der Waals surface area (Å²) < 4.78 is 21.8. The number of hydrogen-bond acceptors (Lipinski definition) is 4. The molecular formula is C13H24O4Si. The van der Waals surface area contributed by atoms with Crippen molar-refractivity contribution in [1.82, 2.24) is 0 Å². The summed E-state index contributed by atoms with van der Waals surface area (Å²) in [6.07, 6.45) is 2.42. The van der Waals surface area contributed by atoms with E-state index in [0.29, 0.717) is 6.10 Å². The first kappa shape index (κ1) is 15.3. The van der Waals surface area contributed by atoms with Gasteiger partial charge in [0.2, 0.25) is 0 Å². The van der Waals surface area contributed by atoms with Gasteiger partial charge in [-0.25, -0.2) is 0 Å². The highest BCUT2D eigenvalue weighted by molar-refractivity contribution is 6.45. The van der Waals surface area contributed by atoms with Crippen LogP contribution in [0.2, 0.25) is 6.04 Å². The van der Waals surface area contributed by atoms with Crippen LogP contribution in [-0.2, 0) is 18.3 Å². The van der Waals surface area contributed by atoms with Crippen LogP contribution in [0, 0.1) is 0 Å². The minimum absolute atomic E-state index is 0.352. The van der Waals surface area contributed by atoms with E-state index in [1.807, 2.05) is 13.8 Å². The van der Waals surface area contributed by atoms with Crippen molar-refractivity contribution in [3.63, 3.8) is 0 Å². The van der Waals surface area contributed by atoms with Crippen LogP contribution in [0.1, 0.15) is 26.7 Å². The number of unbranched alkanes of at least 4 members (excludes halogenated alkanes) is 1. The van der Waals surface area contributed by atoms with Crippen LogP contribution >= 0.6 is 0 Å². The van der Waals surface area contributed by atoms with E-state index in [2.05, 4.69) is 13.2 Å². The zero-order valence-corrected chi connectivity index (χ0v) is 12.6. The summed E-state index contributed by atoms with van der Waals surface area (Å²) in [5.74, 6) is 1.44. The normalized spacial score (nSPS) is 17.6. The fraction of sp³-hybridized carbons (Fsp3) is 0.692. The summed E-state index contributed by atoms with van der Waals surface area (Å²) in [7, 11) is -1.69. The summed E-state index contributed by atoms with van der Waals surface area (Å²) >= 11 is 0. The lowest BCUT2D eigenvalue weighted by molar-refractivity contribution is 0.113. The molecule has 0 bridgehead atoms. The topological polar surface area (TPSA) is 40.2 Å². The molecule has 0 N–H and O–H groups in total. The van der Waals surface area contributed by atoms with Gasteiger partial charge in [0.05, 0.1) is 24.7 Å². The van der Waals surface area contributed by atoms with E-state index in [1.54, 1.807) is 0 Å². The molecule has 1 atom stereocenters. The van der Waals surface area contributed by atoms with Gasteiger partial charge in [0.25, 0.3) is 0 Å². The summed E-state index contributed by atoms with van der Waals surface area (Å²) in [6, 6.07) is 0.947. The zero-order valence-electron chi connectivity index (χ0n) is 11.4. The molecule has 0 aliphatic carbocycles. The van der Waals surface area contributed by atoms with E-state index in [-0.39, 0.29) is 0 Å². The van der Waals surface area contributed by atoms with Gasteiger partial charge in [-0.1, -0.05) is 13.2 Å². The molecule has 5 heteroatoms. The molecule has 1 unspecified atom stereocenters. The smallest absolute Gasteiger partial charge is 0.443 e. The van der Waals surface area contributed by atoms with E-state index in [1.165, 1.54) is 0 Å². The Hall–Kier alpha value is -0.783. The lowest BCUT2D eigenvalue weighted by atomic mass is 10.3. The van der Waals surface area contributed by atoms with Crippen LogP contribution in [0.25, 0.3) is 0 Å². The third-order valence-electron chi connectivity index (χ3n) is 2.35. The van der Waals surface area contributed by atoms with Crippen LogP contribution in [0.15, 0.2) is 24.7 Å². The van der Waals surface area contributed by atoms with Crippen molar-refractivity contribution in [3.8, 4) is 0 Å². The quantitative estimate of drug-likeness (QED) is 0.251. The molecule has 0 spiro atoms. The minimum Gasteiger partial charge on any atom is -0.519 e. The van der Waals surface area contributed by atoms with Crippen molar-refractivity contribution in [2.45, 2.75) is 38.8 Å².